The number of rotatable bonds is 7. The summed E-state index contributed by atoms with van der Waals surface area (Å²) in [6.45, 7) is 6.26. The van der Waals surface area contributed by atoms with Crippen molar-refractivity contribution in [3.63, 3.8) is 0 Å². The second-order valence-electron chi connectivity index (χ2n) is 12.6. The highest BCUT2D eigenvalue weighted by molar-refractivity contribution is 9.10. The molecule has 216 valence electrons. The molecule has 7 heteroatoms. The molecule has 4 fully saturated rings. The summed E-state index contributed by atoms with van der Waals surface area (Å²) in [5, 5.41) is 0. The largest absolute Gasteiger partial charge is 0.342 e. The summed E-state index contributed by atoms with van der Waals surface area (Å²) >= 11 is 3.50. The molecule has 6 rings (SSSR count). The van der Waals surface area contributed by atoms with Gasteiger partial charge in [0.25, 0.3) is 0 Å². The second-order valence-corrected chi connectivity index (χ2v) is 13.5. The van der Waals surface area contributed by atoms with Gasteiger partial charge in [0.1, 0.15) is 0 Å². The Hall–Kier alpha value is -1.89. The minimum atomic E-state index is -0.177. The lowest BCUT2D eigenvalue weighted by atomic mass is 9.76. The summed E-state index contributed by atoms with van der Waals surface area (Å²) in [5.74, 6) is 2.16. The zero-order valence-electron chi connectivity index (χ0n) is 23.5. The molecule has 0 aromatic heterocycles. The summed E-state index contributed by atoms with van der Waals surface area (Å²) in [6.07, 6.45) is 8.64. The molecule has 2 aromatic carbocycles. The van der Waals surface area contributed by atoms with Crippen molar-refractivity contribution in [2.75, 3.05) is 39.3 Å². The number of carbonyl (C=O) groups is 2. The highest BCUT2D eigenvalue weighted by Gasteiger charge is 2.48. The number of halogens is 2. The Bertz CT molecular complexity index is 1150. The van der Waals surface area contributed by atoms with Gasteiger partial charge in [0, 0.05) is 49.5 Å². The Morgan fingerprint density at radius 3 is 2.27 bits per heavy atom. The van der Waals surface area contributed by atoms with Crippen LogP contribution in [0.4, 0.5) is 0 Å². The number of likely N-dealkylation sites (tertiary alicyclic amines) is 3. The summed E-state index contributed by atoms with van der Waals surface area (Å²) in [7, 11) is 0. The third-order valence-electron chi connectivity index (χ3n) is 10.2. The number of carbonyl (C=O) groups excluding carboxylic acids is 2. The molecule has 5 nitrogen and oxygen atoms in total. The first kappa shape index (κ1) is 29.6. The Labute approximate surface area is 254 Å². The van der Waals surface area contributed by atoms with E-state index in [1.165, 1.54) is 36.8 Å². The van der Waals surface area contributed by atoms with Crippen LogP contribution in [-0.4, -0.2) is 65.8 Å². The standard InChI is InChI=1S/C33H42BrN3O2.ClH/c34-29-12-10-26(11-13-29)21-36-19-16-33(32(36)39)14-17-35(18-15-33)22-28-23-37(31(38)20-25-6-4-5-7-25)24-30(28)27-8-2-1-3-9-27;/h1-3,8-13,25,28,30H,4-7,14-24H2;1H. The molecule has 0 radical (unpaired) electrons. The fourth-order valence-electron chi connectivity index (χ4n) is 7.74. The van der Waals surface area contributed by atoms with Gasteiger partial charge in [-0.3, -0.25) is 9.59 Å². The molecule has 0 bridgehead atoms. The molecular weight excluding hydrogens is 586 g/mol. The van der Waals surface area contributed by atoms with Crippen LogP contribution in [0.15, 0.2) is 59.1 Å². The maximum atomic E-state index is 13.6. The zero-order valence-corrected chi connectivity index (χ0v) is 25.9. The van der Waals surface area contributed by atoms with E-state index in [0.717, 1.165) is 69.4 Å². The van der Waals surface area contributed by atoms with Crippen molar-refractivity contribution in [3.05, 3.63) is 70.2 Å². The van der Waals surface area contributed by atoms with Crippen molar-refractivity contribution in [3.8, 4) is 0 Å². The number of nitrogens with zero attached hydrogens (tertiary/aromatic N) is 3. The Kier molecular flexibility index (Phi) is 9.59. The van der Waals surface area contributed by atoms with Crippen LogP contribution in [0.2, 0.25) is 0 Å². The van der Waals surface area contributed by atoms with Crippen molar-refractivity contribution in [2.45, 2.75) is 63.8 Å². The van der Waals surface area contributed by atoms with Gasteiger partial charge in [0.05, 0.1) is 5.41 Å². The maximum Gasteiger partial charge on any atom is 0.229 e. The van der Waals surface area contributed by atoms with E-state index in [1.807, 2.05) is 0 Å². The molecule has 2 aromatic rings. The van der Waals surface area contributed by atoms with Crippen molar-refractivity contribution in [2.24, 2.45) is 17.3 Å². The molecular formula is C33H43BrClN3O2. The molecule has 3 aliphatic heterocycles. The topological polar surface area (TPSA) is 43.9 Å². The van der Waals surface area contributed by atoms with Crippen molar-refractivity contribution < 1.29 is 9.59 Å². The minimum Gasteiger partial charge on any atom is -0.342 e. The summed E-state index contributed by atoms with van der Waals surface area (Å²) in [6, 6.07) is 19.2. The lowest BCUT2D eigenvalue weighted by Crippen LogP contribution is -2.46. The zero-order chi connectivity index (χ0) is 26.8. The number of amides is 2. The van der Waals surface area contributed by atoms with E-state index >= 15 is 0 Å². The van der Waals surface area contributed by atoms with Crippen LogP contribution in [-0.2, 0) is 16.1 Å². The molecule has 1 aliphatic carbocycles. The third kappa shape index (κ3) is 6.44. The van der Waals surface area contributed by atoms with Crippen LogP contribution in [0.5, 0.6) is 0 Å². The molecule has 4 aliphatic rings. The van der Waals surface area contributed by atoms with E-state index in [2.05, 4.69) is 85.2 Å². The van der Waals surface area contributed by atoms with Gasteiger partial charge in [0.2, 0.25) is 11.8 Å². The number of piperidine rings is 1. The van der Waals surface area contributed by atoms with E-state index in [0.29, 0.717) is 36.1 Å². The number of benzene rings is 2. The summed E-state index contributed by atoms with van der Waals surface area (Å²) in [5.41, 5.74) is 2.38. The van der Waals surface area contributed by atoms with E-state index in [1.54, 1.807) is 0 Å². The first-order valence-electron chi connectivity index (χ1n) is 15.1. The van der Waals surface area contributed by atoms with Gasteiger partial charge in [-0.05, 0) is 80.3 Å². The highest BCUT2D eigenvalue weighted by atomic mass is 79.9. The first-order chi connectivity index (χ1) is 19.0. The SMILES string of the molecule is Cl.O=C(CC1CCCC1)N1CC(CN2CCC3(CC2)CCN(Cc2ccc(Br)cc2)C3=O)C(c2ccccc2)C1. The van der Waals surface area contributed by atoms with Crippen LogP contribution in [0.25, 0.3) is 0 Å². The molecule has 2 unspecified atom stereocenters. The maximum absolute atomic E-state index is 13.6. The monoisotopic (exact) mass is 627 g/mol. The van der Waals surface area contributed by atoms with E-state index in [-0.39, 0.29) is 17.8 Å². The van der Waals surface area contributed by atoms with Gasteiger partial charge in [-0.2, -0.15) is 0 Å². The van der Waals surface area contributed by atoms with Crippen LogP contribution >= 0.6 is 28.3 Å². The van der Waals surface area contributed by atoms with Crippen LogP contribution in [0, 0.1) is 17.3 Å². The van der Waals surface area contributed by atoms with Gasteiger partial charge in [-0.1, -0.05) is 71.2 Å². The Balaban J connectivity index is 0.00000323. The molecule has 40 heavy (non-hydrogen) atoms. The number of hydrogen-bond donors (Lipinski definition) is 0. The van der Waals surface area contributed by atoms with Gasteiger partial charge in [-0.15, -0.1) is 12.4 Å². The predicted molar refractivity (Wildman–Crippen MR) is 165 cm³/mol. The van der Waals surface area contributed by atoms with Gasteiger partial charge < -0.3 is 14.7 Å². The molecule has 3 saturated heterocycles. The second kappa shape index (κ2) is 13.0. The van der Waals surface area contributed by atoms with E-state index in [9.17, 15) is 9.59 Å². The van der Waals surface area contributed by atoms with Crippen LogP contribution in [0.3, 0.4) is 0 Å². The van der Waals surface area contributed by atoms with Gasteiger partial charge >= 0.3 is 0 Å². The molecule has 0 N–H and O–H groups in total. The fourth-order valence-corrected chi connectivity index (χ4v) is 8.01. The smallest absolute Gasteiger partial charge is 0.229 e. The highest BCUT2D eigenvalue weighted by Crippen LogP contribution is 2.43. The fraction of sp³-hybridized carbons (Fsp3) is 0.576. The van der Waals surface area contributed by atoms with E-state index < -0.39 is 0 Å². The first-order valence-corrected chi connectivity index (χ1v) is 15.9. The van der Waals surface area contributed by atoms with Crippen molar-refractivity contribution in [1.29, 1.82) is 0 Å². The summed E-state index contributed by atoms with van der Waals surface area (Å²) in [4.78, 5) is 33.7. The lowest BCUT2D eigenvalue weighted by molar-refractivity contribution is -0.139. The molecule has 2 amide bonds. The quantitative estimate of drug-likeness (QED) is 0.351. The van der Waals surface area contributed by atoms with Gasteiger partial charge in [-0.25, -0.2) is 0 Å². The number of hydrogen-bond acceptors (Lipinski definition) is 3. The minimum absolute atomic E-state index is 0. The molecule has 3 heterocycles. The van der Waals surface area contributed by atoms with Gasteiger partial charge in [0.15, 0.2) is 0 Å². The lowest BCUT2D eigenvalue weighted by Gasteiger charge is -2.39. The normalized spacial score (nSPS) is 25.1. The third-order valence-corrected chi connectivity index (χ3v) is 10.7. The Morgan fingerprint density at radius 1 is 0.900 bits per heavy atom. The average molecular weight is 629 g/mol. The molecule has 1 saturated carbocycles. The summed E-state index contributed by atoms with van der Waals surface area (Å²) < 4.78 is 1.07. The van der Waals surface area contributed by atoms with Crippen molar-refractivity contribution >= 4 is 40.2 Å². The van der Waals surface area contributed by atoms with E-state index in [4.69, 9.17) is 0 Å². The molecule has 1 spiro atoms. The average Bonchev–Trinajstić information content (AvgIpc) is 3.69. The van der Waals surface area contributed by atoms with Crippen molar-refractivity contribution in [1.82, 2.24) is 14.7 Å². The molecule has 2 atom stereocenters. The van der Waals surface area contributed by atoms with Crippen LogP contribution in [0.1, 0.15) is 68.4 Å². The van der Waals surface area contributed by atoms with Crippen LogP contribution < -0.4 is 0 Å². The predicted octanol–water partition coefficient (Wildman–Crippen LogP) is 6.51. The Morgan fingerprint density at radius 2 is 1.57 bits per heavy atom.